The highest BCUT2D eigenvalue weighted by Crippen LogP contribution is 2.30. The molecular formula is C22H27N5. The topological polar surface area (TPSA) is 36.7 Å². The van der Waals surface area contributed by atoms with Crippen molar-refractivity contribution in [2.45, 2.75) is 20.8 Å². The lowest BCUT2D eigenvalue weighted by molar-refractivity contribution is 0.277. The second-order valence-corrected chi connectivity index (χ2v) is 7.53. The second-order valence-electron chi connectivity index (χ2n) is 7.53. The lowest BCUT2D eigenvalue weighted by atomic mass is 10.1. The van der Waals surface area contributed by atoms with E-state index in [4.69, 9.17) is 10.1 Å². The number of aryl methyl sites for hydroxylation is 1. The first-order chi connectivity index (χ1) is 13.0. The molecule has 0 spiro atoms. The molecule has 0 aliphatic carbocycles. The van der Waals surface area contributed by atoms with Crippen LogP contribution in [-0.2, 0) is 0 Å². The van der Waals surface area contributed by atoms with Crippen molar-refractivity contribution in [3.63, 3.8) is 0 Å². The van der Waals surface area contributed by atoms with Gasteiger partial charge in [-0.05, 0) is 26.3 Å². The highest BCUT2D eigenvalue weighted by Gasteiger charge is 2.23. The standard InChI is InChI=1S/C22H27N5/c1-16(2)15-25-10-12-26(13-11-25)22-17(3)18(4)24-21-20(14-23-27(21)22)19-8-6-5-7-9-19/h5-9,14H,1,10-13,15H2,2-4H3. The number of benzene rings is 1. The highest BCUT2D eigenvalue weighted by atomic mass is 15.4. The Morgan fingerprint density at radius 1 is 1.07 bits per heavy atom. The third-order valence-electron chi connectivity index (χ3n) is 5.35. The Hall–Kier alpha value is -2.66. The predicted octanol–water partition coefficient (Wildman–Crippen LogP) is 3.71. The van der Waals surface area contributed by atoms with Crippen molar-refractivity contribution in [2.75, 3.05) is 37.6 Å². The molecule has 0 unspecified atom stereocenters. The third-order valence-corrected chi connectivity index (χ3v) is 5.35. The molecule has 0 N–H and O–H groups in total. The van der Waals surface area contributed by atoms with E-state index >= 15 is 0 Å². The van der Waals surface area contributed by atoms with Crippen LogP contribution in [0.1, 0.15) is 18.2 Å². The summed E-state index contributed by atoms with van der Waals surface area (Å²) in [4.78, 5) is 9.80. The van der Waals surface area contributed by atoms with Gasteiger partial charge in [-0.25, -0.2) is 4.98 Å². The number of rotatable bonds is 4. The first-order valence-electron chi connectivity index (χ1n) is 9.56. The molecule has 0 bridgehead atoms. The maximum atomic E-state index is 4.87. The summed E-state index contributed by atoms with van der Waals surface area (Å²) in [6, 6.07) is 10.4. The van der Waals surface area contributed by atoms with Crippen molar-refractivity contribution >= 4 is 11.5 Å². The molecule has 1 aliphatic rings. The summed E-state index contributed by atoms with van der Waals surface area (Å²) in [5.74, 6) is 1.18. The number of hydrogen-bond donors (Lipinski definition) is 0. The summed E-state index contributed by atoms with van der Waals surface area (Å²) in [5.41, 5.74) is 6.67. The van der Waals surface area contributed by atoms with Gasteiger partial charge in [-0.1, -0.05) is 42.5 Å². The normalized spacial score (nSPS) is 15.4. The van der Waals surface area contributed by atoms with Gasteiger partial charge in [-0.2, -0.15) is 9.61 Å². The van der Waals surface area contributed by atoms with Crippen molar-refractivity contribution in [1.82, 2.24) is 19.5 Å². The van der Waals surface area contributed by atoms with Crippen LogP contribution >= 0.6 is 0 Å². The van der Waals surface area contributed by atoms with E-state index in [2.05, 4.69) is 61.4 Å². The molecule has 1 fully saturated rings. The molecular weight excluding hydrogens is 334 g/mol. The zero-order chi connectivity index (χ0) is 19.0. The molecule has 4 rings (SSSR count). The van der Waals surface area contributed by atoms with E-state index in [1.165, 1.54) is 17.0 Å². The fourth-order valence-electron chi connectivity index (χ4n) is 3.86. The number of hydrogen-bond acceptors (Lipinski definition) is 4. The van der Waals surface area contributed by atoms with Crippen LogP contribution in [0.2, 0.25) is 0 Å². The van der Waals surface area contributed by atoms with E-state index in [9.17, 15) is 0 Å². The van der Waals surface area contributed by atoms with Crippen LogP contribution in [0.5, 0.6) is 0 Å². The highest BCUT2D eigenvalue weighted by molar-refractivity contribution is 5.78. The molecule has 0 saturated carbocycles. The molecule has 1 aromatic carbocycles. The number of piperazine rings is 1. The van der Waals surface area contributed by atoms with Gasteiger partial charge >= 0.3 is 0 Å². The molecule has 0 atom stereocenters. The first-order valence-corrected chi connectivity index (χ1v) is 9.56. The molecule has 0 radical (unpaired) electrons. The lowest BCUT2D eigenvalue weighted by Gasteiger charge is -2.36. The second kappa shape index (κ2) is 7.16. The van der Waals surface area contributed by atoms with Crippen LogP contribution in [0.3, 0.4) is 0 Å². The Kier molecular flexibility index (Phi) is 4.70. The van der Waals surface area contributed by atoms with Crippen molar-refractivity contribution in [2.24, 2.45) is 0 Å². The van der Waals surface area contributed by atoms with Gasteiger partial charge in [0.15, 0.2) is 5.65 Å². The fourth-order valence-corrected chi connectivity index (χ4v) is 3.86. The van der Waals surface area contributed by atoms with Gasteiger partial charge in [-0.15, -0.1) is 0 Å². The van der Waals surface area contributed by atoms with Gasteiger partial charge in [0.2, 0.25) is 0 Å². The van der Waals surface area contributed by atoms with E-state index in [0.717, 1.165) is 55.2 Å². The zero-order valence-corrected chi connectivity index (χ0v) is 16.4. The van der Waals surface area contributed by atoms with Crippen LogP contribution in [-0.4, -0.2) is 52.2 Å². The van der Waals surface area contributed by atoms with Crippen LogP contribution in [0, 0.1) is 13.8 Å². The van der Waals surface area contributed by atoms with Gasteiger partial charge in [0, 0.05) is 49.5 Å². The molecule has 0 amide bonds. The quantitative estimate of drug-likeness (QED) is 0.664. The zero-order valence-electron chi connectivity index (χ0n) is 16.4. The van der Waals surface area contributed by atoms with E-state index in [1.54, 1.807) is 0 Å². The molecule has 3 aromatic rings. The van der Waals surface area contributed by atoms with E-state index in [1.807, 2.05) is 16.8 Å². The Morgan fingerprint density at radius 3 is 2.44 bits per heavy atom. The number of aromatic nitrogens is 3. The number of nitrogens with zero attached hydrogens (tertiary/aromatic N) is 5. The Labute approximate surface area is 160 Å². The van der Waals surface area contributed by atoms with Gasteiger partial charge in [0.1, 0.15) is 5.82 Å². The largest absolute Gasteiger partial charge is 0.354 e. The minimum atomic E-state index is 0.934. The van der Waals surface area contributed by atoms with Crippen LogP contribution in [0.15, 0.2) is 48.7 Å². The smallest absolute Gasteiger partial charge is 0.165 e. The van der Waals surface area contributed by atoms with Crippen LogP contribution < -0.4 is 4.90 Å². The number of anilines is 1. The van der Waals surface area contributed by atoms with Gasteiger partial charge in [0.25, 0.3) is 0 Å². The van der Waals surface area contributed by atoms with Crippen LogP contribution in [0.4, 0.5) is 5.82 Å². The van der Waals surface area contributed by atoms with E-state index < -0.39 is 0 Å². The van der Waals surface area contributed by atoms with Crippen molar-refractivity contribution in [3.05, 3.63) is 59.9 Å². The summed E-state index contributed by atoms with van der Waals surface area (Å²) in [6.07, 6.45) is 1.94. The minimum Gasteiger partial charge on any atom is -0.354 e. The Morgan fingerprint density at radius 2 is 1.78 bits per heavy atom. The fraction of sp³-hybridized carbons (Fsp3) is 0.364. The maximum Gasteiger partial charge on any atom is 0.165 e. The van der Waals surface area contributed by atoms with Crippen LogP contribution in [0.25, 0.3) is 16.8 Å². The van der Waals surface area contributed by atoms with Gasteiger partial charge < -0.3 is 4.90 Å². The van der Waals surface area contributed by atoms with Crippen molar-refractivity contribution in [1.29, 1.82) is 0 Å². The molecule has 5 nitrogen and oxygen atoms in total. The lowest BCUT2D eigenvalue weighted by Crippen LogP contribution is -2.47. The summed E-state index contributed by atoms with van der Waals surface area (Å²) < 4.78 is 2.03. The van der Waals surface area contributed by atoms with Crippen molar-refractivity contribution in [3.8, 4) is 11.1 Å². The first kappa shape index (κ1) is 17.7. The Balaban J connectivity index is 1.72. The third kappa shape index (κ3) is 3.35. The van der Waals surface area contributed by atoms with E-state index in [0.29, 0.717) is 0 Å². The molecule has 27 heavy (non-hydrogen) atoms. The minimum absolute atomic E-state index is 0.934. The molecule has 3 heterocycles. The molecule has 2 aromatic heterocycles. The monoisotopic (exact) mass is 361 g/mol. The summed E-state index contributed by atoms with van der Waals surface area (Å²) in [5, 5.41) is 4.72. The van der Waals surface area contributed by atoms with E-state index in [-0.39, 0.29) is 0 Å². The van der Waals surface area contributed by atoms with Gasteiger partial charge in [-0.3, -0.25) is 4.90 Å². The average molecular weight is 361 g/mol. The Bertz CT molecular complexity index is 965. The van der Waals surface area contributed by atoms with Crippen molar-refractivity contribution < 1.29 is 0 Å². The summed E-state index contributed by atoms with van der Waals surface area (Å²) in [7, 11) is 0. The number of fused-ring (bicyclic) bond motifs is 1. The SMILES string of the molecule is C=C(C)CN1CCN(c2c(C)c(C)nc3c(-c4ccccc4)cnn23)CC1. The molecule has 140 valence electrons. The summed E-state index contributed by atoms with van der Waals surface area (Å²) >= 11 is 0. The maximum absolute atomic E-state index is 4.87. The molecule has 5 heteroatoms. The summed E-state index contributed by atoms with van der Waals surface area (Å²) in [6.45, 7) is 15.5. The molecule has 1 aliphatic heterocycles. The van der Waals surface area contributed by atoms with Gasteiger partial charge in [0.05, 0.1) is 6.20 Å². The predicted molar refractivity (Wildman–Crippen MR) is 111 cm³/mol. The molecule has 1 saturated heterocycles. The average Bonchev–Trinajstić information content (AvgIpc) is 3.07.